The summed E-state index contributed by atoms with van der Waals surface area (Å²) >= 11 is 0. The smallest absolute Gasteiger partial charge is 0.230 e. The second kappa shape index (κ2) is 4.23. The first-order chi connectivity index (χ1) is 8.63. The Hall–Kier alpha value is -1.64. The van der Waals surface area contributed by atoms with Crippen molar-refractivity contribution in [1.29, 1.82) is 0 Å². The molecule has 0 saturated heterocycles. The first-order valence-corrected chi connectivity index (χ1v) is 6.61. The Morgan fingerprint density at radius 1 is 1.39 bits per heavy atom. The Morgan fingerprint density at radius 3 is 2.89 bits per heavy atom. The highest BCUT2D eigenvalue weighted by Gasteiger charge is 2.29. The van der Waals surface area contributed by atoms with Crippen LogP contribution in [0.25, 0.3) is 0 Å². The van der Waals surface area contributed by atoms with Crippen molar-refractivity contribution in [3.63, 3.8) is 0 Å². The standard InChI is InChI=1S/C15H18N2O/c1-9-7-15(18)17-14-8-12(5-6-13(14)16-9)10(2)11-3-4-11/h5-6,8,10-11H,3-4,7H2,1-2H3,(H,17,18). The summed E-state index contributed by atoms with van der Waals surface area (Å²) in [6.45, 7) is 4.17. The molecule has 1 aliphatic heterocycles. The minimum atomic E-state index is 0.0335. The largest absolute Gasteiger partial charge is 0.324 e. The summed E-state index contributed by atoms with van der Waals surface area (Å²) in [6.07, 6.45) is 3.06. The molecule has 1 aliphatic carbocycles. The summed E-state index contributed by atoms with van der Waals surface area (Å²) in [4.78, 5) is 16.2. The number of nitrogens with one attached hydrogen (secondary N) is 1. The Bertz CT molecular complexity index is 529. The fraction of sp³-hybridized carbons (Fsp3) is 0.467. The summed E-state index contributed by atoms with van der Waals surface area (Å²) in [7, 11) is 0. The van der Waals surface area contributed by atoms with Gasteiger partial charge in [-0.1, -0.05) is 13.0 Å². The predicted molar refractivity (Wildman–Crippen MR) is 73.6 cm³/mol. The van der Waals surface area contributed by atoms with E-state index in [0.717, 1.165) is 23.0 Å². The number of amides is 1. The molecule has 0 radical (unpaired) electrons. The number of fused-ring (bicyclic) bond motifs is 1. The van der Waals surface area contributed by atoms with E-state index in [1.54, 1.807) is 0 Å². The summed E-state index contributed by atoms with van der Waals surface area (Å²) in [5.74, 6) is 1.45. The maximum atomic E-state index is 11.7. The van der Waals surface area contributed by atoms with Crippen LogP contribution in [0, 0.1) is 5.92 Å². The number of hydrogen-bond acceptors (Lipinski definition) is 2. The van der Waals surface area contributed by atoms with Crippen LogP contribution in [0.15, 0.2) is 23.2 Å². The van der Waals surface area contributed by atoms with Crippen LogP contribution in [0.5, 0.6) is 0 Å². The van der Waals surface area contributed by atoms with E-state index in [9.17, 15) is 4.79 Å². The van der Waals surface area contributed by atoms with Crippen molar-refractivity contribution in [3.05, 3.63) is 23.8 Å². The second-order valence-corrected chi connectivity index (χ2v) is 5.47. The van der Waals surface area contributed by atoms with E-state index in [2.05, 4.69) is 29.4 Å². The van der Waals surface area contributed by atoms with Gasteiger partial charge in [0.25, 0.3) is 0 Å². The second-order valence-electron chi connectivity index (χ2n) is 5.47. The van der Waals surface area contributed by atoms with Crippen molar-refractivity contribution in [3.8, 4) is 0 Å². The number of carbonyl (C=O) groups excluding carboxylic acids is 1. The molecule has 1 unspecified atom stereocenters. The normalized spacial score (nSPS) is 20.6. The third-order valence-corrected chi connectivity index (χ3v) is 3.88. The highest BCUT2D eigenvalue weighted by atomic mass is 16.1. The Labute approximate surface area is 107 Å². The average Bonchev–Trinajstić information content (AvgIpc) is 3.13. The van der Waals surface area contributed by atoms with Gasteiger partial charge in [-0.15, -0.1) is 0 Å². The zero-order chi connectivity index (χ0) is 12.7. The number of hydrogen-bond donors (Lipinski definition) is 1. The van der Waals surface area contributed by atoms with E-state index in [4.69, 9.17) is 0 Å². The quantitative estimate of drug-likeness (QED) is 0.845. The lowest BCUT2D eigenvalue weighted by Crippen LogP contribution is -2.12. The number of benzene rings is 1. The van der Waals surface area contributed by atoms with Crippen LogP contribution in [0.2, 0.25) is 0 Å². The maximum absolute atomic E-state index is 11.7. The van der Waals surface area contributed by atoms with Gasteiger partial charge >= 0.3 is 0 Å². The Kier molecular flexibility index (Phi) is 2.69. The van der Waals surface area contributed by atoms with Crippen LogP contribution in [-0.4, -0.2) is 11.6 Å². The topological polar surface area (TPSA) is 41.5 Å². The Morgan fingerprint density at radius 2 is 2.17 bits per heavy atom. The molecule has 1 heterocycles. The third-order valence-electron chi connectivity index (χ3n) is 3.88. The van der Waals surface area contributed by atoms with Gasteiger partial charge in [-0.3, -0.25) is 9.79 Å². The van der Waals surface area contributed by atoms with Crippen molar-refractivity contribution in [1.82, 2.24) is 0 Å². The van der Waals surface area contributed by atoms with Crippen LogP contribution >= 0.6 is 0 Å². The highest BCUT2D eigenvalue weighted by molar-refractivity contribution is 6.09. The molecule has 2 aliphatic rings. The molecule has 1 atom stereocenters. The average molecular weight is 242 g/mol. The molecule has 1 N–H and O–H groups in total. The monoisotopic (exact) mass is 242 g/mol. The zero-order valence-corrected chi connectivity index (χ0v) is 10.9. The van der Waals surface area contributed by atoms with Crippen molar-refractivity contribution in [2.45, 2.75) is 39.0 Å². The van der Waals surface area contributed by atoms with Gasteiger partial charge in [-0.2, -0.15) is 0 Å². The number of carbonyl (C=O) groups is 1. The molecule has 0 spiro atoms. The van der Waals surface area contributed by atoms with Crippen LogP contribution < -0.4 is 5.32 Å². The molecule has 1 fully saturated rings. The van der Waals surface area contributed by atoms with Gasteiger partial charge in [0.2, 0.25) is 5.91 Å². The summed E-state index contributed by atoms with van der Waals surface area (Å²) in [6, 6.07) is 6.27. The molecule has 94 valence electrons. The van der Waals surface area contributed by atoms with E-state index in [1.165, 1.54) is 18.4 Å². The van der Waals surface area contributed by atoms with Gasteiger partial charge in [-0.05, 0) is 49.3 Å². The van der Waals surface area contributed by atoms with Crippen molar-refractivity contribution >= 4 is 23.0 Å². The van der Waals surface area contributed by atoms with Crippen molar-refractivity contribution in [2.24, 2.45) is 10.9 Å². The van der Waals surface area contributed by atoms with Gasteiger partial charge < -0.3 is 5.32 Å². The lowest BCUT2D eigenvalue weighted by molar-refractivity contribution is -0.115. The van der Waals surface area contributed by atoms with Crippen LogP contribution in [0.4, 0.5) is 11.4 Å². The molecule has 3 rings (SSSR count). The molecular weight excluding hydrogens is 224 g/mol. The van der Waals surface area contributed by atoms with Crippen molar-refractivity contribution in [2.75, 3.05) is 5.32 Å². The lowest BCUT2D eigenvalue weighted by atomic mass is 9.95. The van der Waals surface area contributed by atoms with E-state index < -0.39 is 0 Å². The first-order valence-electron chi connectivity index (χ1n) is 6.61. The molecule has 1 amide bonds. The molecule has 3 nitrogen and oxygen atoms in total. The third kappa shape index (κ3) is 2.17. The first kappa shape index (κ1) is 11.5. The number of aliphatic imine (C=N–C) groups is 1. The number of rotatable bonds is 2. The zero-order valence-electron chi connectivity index (χ0n) is 10.9. The highest BCUT2D eigenvalue weighted by Crippen LogP contribution is 2.43. The molecule has 1 aromatic rings. The van der Waals surface area contributed by atoms with E-state index in [1.807, 2.05) is 13.0 Å². The number of anilines is 1. The Balaban J connectivity index is 1.97. The van der Waals surface area contributed by atoms with E-state index >= 15 is 0 Å². The molecule has 3 heteroatoms. The number of nitrogens with zero attached hydrogens (tertiary/aromatic N) is 1. The SMILES string of the molecule is CC1=Nc2ccc(C(C)C3CC3)cc2NC(=O)C1. The lowest BCUT2D eigenvalue weighted by Gasteiger charge is -2.13. The van der Waals surface area contributed by atoms with Gasteiger partial charge in [0.05, 0.1) is 17.8 Å². The van der Waals surface area contributed by atoms with Crippen LogP contribution in [0.1, 0.15) is 44.6 Å². The molecule has 1 saturated carbocycles. The van der Waals surface area contributed by atoms with E-state index in [-0.39, 0.29) is 5.91 Å². The predicted octanol–water partition coefficient (Wildman–Crippen LogP) is 3.63. The van der Waals surface area contributed by atoms with Gasteiger partial charge in [-0.25, -0.2) is 0 Å². The fourth-order valence-corrected chi connectivity index (χ4v) is 2.57. The minimum Gasteiger partial charge on any atom is -0.324 e. The maximum Gasteiger partial charge on any atom is 0.230 e. The minimum absolute atomic E-state index is 0.0335. The summed E-state index contributed by atoms with van der Waals surface area (Å²) < 4.78 is 0. The fourth-order valence-electron chi connectivity index (χ4n) is 2.57. The van der Waals surface area contributed by atoms with Gasteiger partial charge in [0.1, 0.15) is 0 Å². The summed E-state index contributed by atoms with van der Waals surface area (Å²) in [5.41, 5.74) is 3.92. The van der Waals surface area contributed by atoms with E-state index in [0.29, 0.717) is 12.3 Å². The molecule has 0 aromatic heterocycles. The molecule has 18 heavy (non-hydrogen) atoms. The van der Waals surface area contributed by atoms with Gasteiger partial charge in [0.15, 0.2) is 0 Å². The summed E-state index contributed by atoms with van der Waals surface area (Å²) in [5, 5.41) is 2.95. The van der Waals surface area contributed by atoms with Crippen LogP contribution in [-0.2, 0) is 4.79 Å². The van der Waals surface area contributed by atoms with Gasteiger partial charge in [0, 0.05) is 5.71 Å². The molecular formula is C15H18N2O. The van der Waals surface area contributed by atoms with Crippen LogP contribution in [0.3, 0.4) is 0 Å². The molecule has 1 aromatic carbocycles. The molecule has 0 bridgehead atoms. The van der Waals surface area contributed by atoms with Crippen molar-refractivity contribution < 1.29 is 4.79 Å².